The molecule has 0 radical (unpaired) electrons. The van der Waals surface area contributed by atoms with Crippen LogP contribution in [0.4, 0.5) is 0 Å². The lowest BCUT2D eigenvalue weighted by molar-refractivity contribution is 0.238. The Labute approximate surface area is 120 Å². The first-order chi connectivity index (χ1) is 9.13. The van der Waals surface area contributed by atoms with Crippen molar-refractivity contribution in [3.05, 3.63) is 24.3 Å². The summed E-state index contributed by atoms with van der Waals surface area (Å²) in [5, 5.41) is 0. The fraction of sp³-hybridized carbons (Fsp3) is 0.533. The van der Waals surface area contributed by atoms with Crippen LogP contribution in [0.15, 0.2) is 24.3 Å². The van der Waals surface area contributed by atoms with Gasteiger partial charge in [0.05, 0.1) is 18.2 Å². The normalized spacial score (nSPS) is 15.8. The van der Waals surface area contributed by atoms with E-state index in [4.69, 9.17) is 27.4 Å². The van der Waals surface area contributed by atoms with E-state index < -0.39 is 0 Å². The van der Waals surface area contributed by atoms with Gasteiger partial charge in [0.1, 0.15) is 11.5 Å². The molecule has 0 aliphatic heterocycles. The highest BCUT2D eigenvalue weighted by Gasteiger charge is 2.43. The van der Waals surface area contributed by atoms with Crippen LogP contribution in [0, 0.1) is 5.41 Å². The first-order valence-electron chi connectivity index (χ1n) is 6.77. The highest BCUT2D eigenvalue weighted by Crippen LogP contribution is 2.49. The number of benzene rings is 1. The zero-order chi connectivity index (χ0) is 13.7. The highest BCUT2D eigenvalue weighted by atomic mass is 32.1. The predicted octanol–water partition coefficient (Wildman–Crippen LogP) is 3.31. The van der Waals surface area contributed by atoms with E-state index in [2.05, 4.69) is 6.92 Å². The van der Waals surface area contributed by atoms with Gasteiger partial charge < -0.3 is 15.2 Å². The molecule has 0 aromatic heterocycles. The summed E-state index contributed by atoms with van der Waals surface area (Å²) < 4.78 is 11.4. The van der Waals surface area contributed by atoms with E-state index in [9.17, 15) is 0 Å². The van der Waals surface area contributed by atoms with Crippen LogP contribution in [0.5, 0.6) is 11.5 Å². The van der Waals surface area contributed by atoms with E-state index in [1.54, 1.807) is 0 Å². The summed E-state index contributed by atoms with van der Waals surface area (Å²) in [4.78, 5) is 0.587. The van der Waals surface area contributed by atoms with E-state index in [0.717, 1.165) is 43.8 Å². The van der Waals surface area contributed by atoms with Crippen molar-refractivity contribution in [2.24, 2.45) is 11.1 Å². The van der Waals surface area contributed by atoms with Crippen molar-refractivity contribution in [3.8, 4) is 11.5 Å². The molecule has 1 saturated carbocycles. The SMILES string of the molecule is CCCOc1ccc(OCC2(CC(N)=S)CC2)cc1. The van der Waals surface area contributed by atoms with Gasteiger partial charge in [-0.05, 0) is 43.5 Å². The van der Waals surface area contributed by atoms with Crippen LogP contribution < -0.4 is 15.2 Å². The highest BCUT2D eigenvalue weighted by molar-refractivity contribution is 7.80. The van der Waals surface area contributed by atoms with Crippen LogP contribution >= 0.6 is 12.2 Å². The summed E-state index contributed by atoms with van der Waals surface area (Å²) in [7, 11) is 0. The molecule has 0 amide bonds. The Morgan fingerprint density at radius 3 is 2.26 bits per heavy atom. The molecule has 1 fully saturated rings. The molecule has 2 N–H and O–H groups in total. The van der Waals surface area contributed by atoms with Gasteiger partial charge in [0, 0.05) is 11.8 Å². The molecular weight excluding hydrogens is 258 g/mol. The lowest BCUT2D eigenvalue weighted by Gasteiger charge is -2.15. The van der Waals surface area contributed by atoms with Crippen LogP contribution in [0.3, 0.4) is 0 Å². The third kappa shape index (κ3) is 4.39. The molecule has 104 valence electrons. The summed E-state index contributed by atoms with van der Waals surface area (Å²) in [5.41, 5.74) is 5.81. The Morgan fingerprint density at radius 2 is 1.79 bits per heavy atom. The number of hydrogen-bond acceptors (Lipinski definition) is 3. The first-order valence-corrected chi connectivity index (χ1v) is 7.18. The van der Waals surface area contributed by atoms with Gasteiger partial charge in [-0.2, -0.15) is 0 Å². The van der Waals surface area contributed by atoms with Crippen molar-refractivity contribution >= 4 is 17.2 Å². The van der Waals surface area contributed by atoms with E-state index in [1.807, 2.05) is 24.3 Å². The molecule has 0 saturated heterocycles. The minimum Gasteiger partial charge on any atom is -0.494 e. The number of ether oxygens (including phenoxy) is 2. The largest absolute Gasteiger partial charge is 0.494 e. The second-order valence-corrected chi connectivity index (χ2v) is 5.78. The predicted molar refractivity (Wildman–Crippen MR) is 80.8 cm³/mol. The van der Waals surface area contributed by atoms with Crippen LogP contribution in [0.2, 0.25) is 0 Å². The first kappa shape index (κ1) is 14.1. The molecule has 0 atom stereocenters. The average molecular weight is 279 g/mol. The van der Waals surface area contributed by atoms with Crippen molar-refractivity contribution in [2.75, 3.05) is 13.2 Å². The molecule has 1 aromatic rings. The maximum atomic E-state index is 5.82. The van der Waals surface area contributed by atoms with Crippen LogP contribution in [0.1, 0.15) is 32.6 Å². The van der Waals surface area contributed by atoms with Gasteiger partial charge in [0.2, 0.25) is 0 Å². The Bertz CT molecular complexity index is 426. The molecule has 0 heterocycles. The molecule has 19 heavy (non-hydrogen) atoms. The van der Waals surface area contributed by atoms with E-state index in [1.165, 1.54) is 0 Å². The van der Waals surface area contributed by atoms with Crippen LogP contribution in [0.25, 0.3) is 0 Å². The average Bonchev–Trinajstić information content (AvgIpc) is 3.14. The fourth-order valence-electron chi connectivity index (χ4n) is 2.01. The Morgan fingerprint density at radius 1 is 1.21 bits per heavy atom. The number of rotatable bonds is 8. The summed E-state index contributed by atoms with van der Waals surface area (Å²) in [6.45, 7) is 3.53. The number of thiocarbonyl (C=S) groups is 1. The minimum atomic E-state index is 0.198. The second kappa shape index (κ2) is 6.24. The van der Waals surface area contributed by atoms with E-state index in [0.29, 0.717) is 11.6 Å². The van der Waals surface area contributed by atoms with Gasteiger partial charge in [-0.15, -0.1) is 0 Å². The Balaban J connectivity index is 1.81. The zero-order valence-corrected chi connectivity index (χ0v) is 12.2. The molecule has 4 heteroatoms. The topological polar surface area (TPSA) is 44.5 Å². The molecule has 2 rings (SSSR count). The van der Waals surface area contributed by atoms with Crippen molar-refractivity contribution in [3.63, 3.8) is 0 Å². The summed E-state index contributed by atoms with van der Waals surface area (Å²) in [5.74, 6) is 1.76. The van der Waals surface area contributed by atoms with Crippen molar-refractivity contribution in [1.29, 1.82) is 0 Å². The smallest absolute Gasteiger partial charge is 0.119 e. The summed E-state index contributed by atoms with van der Waals surface area (Å²) >= 11 is 4.98. The van der Waals surface area contributed by atoms with Gasteiger partial charge in [-0.1, -0.05) is 19.1 Å². The summed E-state index contributed by atoms with van der Waals surface area (Å²) in [6, 6.07) is 7.78. The molecule has 3 nitrogen and oxygen atoms in total. The van der Waals surface area contributed by atoms with Crippen LogP contribution in [-0.4, -0.2) is 18.2 Å². The standard InChI is InChI=1S/C15H21NO2S/c1-2-9-17-12-3-5-13(6-4-12)18-11-15(7-8-15)10-14(16)19/h3-6H,2,7-11H2,1H3,(H2,16,19). The van der Waals surface area contributed by atoms with E-state index in [-0.39, 0.29) is 5.41 Å². The van der Waals surface area contributed by atoms with Crippen molar-refractivity contribution in [1.82, 2.24) is 0 Å². The maximum Gasteiger partial charge on any atom is 0.119 e. The van der Waals surface area contributed by atoms with Crippen molar-refractivity contribution in [2.45, 2.75) is 32.6 Å². The molecule has 0 unspecified atom stereocenters. The van der Waals surface area contributed by atoms with Gasteiger partial charge >= 0.3 is 0 Å². The minimum absolute atomic E-state index is 0.198. The second-order valence-electron chi connectivity index (χ2n) is 5.25. The molecule has 1 aliphatic carbocycles. The number of hydrogen-bond donors (Lipinski definition) is 1. The number of nitrogens with two attached hydrogens (primary N) is 1. The fourth-order valence-corrected chi connectivity index (χ4v) is 2.31. The molecule has 0 bridgehead atoms. The van der Waals surface area contributed by atoms with Crippen LogP contribution in [-0.2, 0) is 0 Å². The third-order valence-corrected chi connectivity index (χ3v) is 3.49. The third-order valence-electron chi connectivity index (χ3n) is 3.35. The van der Waals surface area contributed by atoms with Gasteiger partial charge in [-0.3, -0.25) is 0 Å². The lowest BCUT2D eigenvalue weighted by atomic mass is 10.0. The Hall–Kier alpha value is -1.29. The quantitative estimate of drug-likeness (QED) is 0.741. The summed E-state index contributed by atoms with van der Waals surface area (Å²) in [6.07, 6.45) is 4.11. The molecular formula is C15H21NO2S. The lowest BCUT2D eigenvalue weighted by Crippen LogP contribution is -2.20. The maximum absolute atomic E-state index is 5.82. The van der Waals surface area contributed by atoms with Crippen molar-refractivity contribution < 1.29 is 9.47 Å². The van der Waals surface area contributed by atoms with E-state index >= 15 is 0 Å². The molecule has 1 aliphatic rings. The zero-order valence-electron chi connectivity index (χ0n) is 11.4. The van der Waals surface area contributed by atoms with Gasteiger partial charge in [0.25, 0.3) is 0 Å². The van der Waals surface area contributed by atoms with Gasteiger partial charge in [-0.25, -0.2) is 0 Å². The molecule has 1 aromatic carbocycles. The molecule has 0 spiro atoms. The van der Waals surface area contributed by atoms with Gasteiger partial charge in [0.15, 0.2) is 0 Å². The monoisotopic (exact) mass is 279 g/mol. The Kier molecular flexibility index (Phi) is 4.64.